The molecule has 0 aromatic carbocycles. The smallest absolute Gasteiger partial charge is 0.204 e. The predicted molar refractivity (Wildman–Crippen MR) is 26.8 cm³/mol. The molecule has 0 saturated carbocycles. The second-order valence-electron chi connectivity index (χ2n) is 0.895. The highest BCUT2D eigenvalue weighted by molar-refractivity contribution is 6.75. The van der Waals surface area contributed by atoms with Gasteiger partial charge in [-0.05, 0) is 6.08 Å². The highest BCUT2D eigenvalue weighted by Gasteiger charge is 1.85. The van der Waals surface area contributed by atoms with E-state index in [0.29, 0.717) is 0 Å². The van der Waals surface area contributed by atoms with Crippen LogP contribution in [0.4, 0.5) is 0 Å². The van der Waals surface area contributed by atoms with Gasteiger partial charge in [0, 0.05) is 0 Å². The Kier molecular flexibility index (Phi) is 2.46. The minimum atomic E-state index is -0.0185. The first kappa shape index (κ1) is 5.47. The van der Waals surface area contributed by atoms with E-state index < -0.39 is 0 Å². The SMILES string of the molecule is C=CC(=O)[B]C. The van der Waals surface area contributed by atoms with Gasteiger partial charge >= 0.3 is 0 Å². The maximum Gasteiger partial charge on any atom is 0.204 e. The van der Waals surface area contributed by atoms with E-state index in [4.69, 9.17) is 0 Å². The summed E-state index contributed by atoms with van der Waals surface area (Å²) in [7, 11) is 1.47. The van der Waals surface area contributed by atoms with Gasteiger partial charge in [-0.25, -0.2) is 0 Å². The average molecular weight is 80.9 g/mol. The summed E-state index contributed by atoms with van der Waals surface area (Å²) < 4.78 is 0. The van der Waals surface area contributed by atoms with Crippen LogP contribution in [0.15, 0.2) is 12.7 Å². The number of hydrogen-bond acceptors (Lipinski definition) is 1. The summed E-state index contributed by atoms with van der Waals surface area (Å²) in [4.78, 5) is 10.0. The van der Waals surface area contributed by atoms with Crippen molar-refractivity contribution in [3.8, 4) is 0 Å². The first-order valence-electron chi connectivity index (χ1n) is 1.77. The molecule has 0 heterocycles. The van der Waals surface area contributed by atoms with E-state index in [1.54, 1.807) is 6.82 Å². The fourth-order valence-corrected chi connectivity index (χ4v) is 0.118. The van der Waals surface area contributed by atoms with Crippen LogP contribution in [0, 0.1) is 0 Å². The minimum Gasteiger partial charge on any atom is -0.307 e. The molecule has 2 heteroatoms. The van der Waals surface area contributed by atoms with Crippen LogP contribution < -0.4 is 0 Å². The average Bonchev–Trinajstić information content (AvgIpc) is 1.65. The standard InChI is InChI=1S/C4H6BO/c1-3-4(6)5-2/h3H,1H2,2H3. The van der Waals surface area contributed by atoms with Gasteiger partial charge in [0.1, 0.15) is 5.68 Å². The zero-order valence-corrected chi connectivity index (χ0v) is 3.77. The van der Waals surface area contributed by atoms with Gasteiger partial charge in [0.05, 0.1) is 0 Å². The van der Waals surface area contributed by atoms with E-state index in [1.807, 2.05) is 0 Å². The third-order valence-electron chi connectivity index (χ3n) is 0.486. The Morgan fingerprint density at radius 2 is 2.50 bits per heavy atom. The summed E-state index contributed by atoms with van der Waals surface area (Å²) in [5, 5.41) is 0. The molecule has 0 atom stereocenters. The minimum absolute atomic E-state index is 0.0185. The number of carbonyl (C=O) groups excluding carboxylic acids is 1. The molecule has 0 spiro atoms. The molecule has 0 aromatic rings. The molecule has 6 heavy (non-hydrogen) atoms. The fourth-order valence-electron chi connectivity index (χ4n) is 0.118. The molecule has 0 saturated heterocycles. The van der Waals surface area contributed by atoms with Crippen molar-refractivity contribution in [3.63, 3.8) is 0 Å². The Balaban J connectivity index is 3.23. The topological polar surface area (TPSA) is 17.1 Å². The van der Waals surface area contributed by atoms with Crippen LogP contribution in [0.5, 0.6) is 0 Å². The Labute approximate surface area is 38.3 Å². The van der Waals surface area contributed by atoms with E-state index in [1.165, 1.54) is 13.4 Å². The van der Waals surface area contributed by atoms with Crippen molar-refractivity contribution in [2.75, 3.05) is 0 Å². The van der Waals surface area contributed by atoms with Crippen LogP contribution >= 0.6 is 0 Å². The summed E-state index contributed by atoms with van der Waals surface area (Å²) >= 11 is 0. The quantitative estimate of drug-likeness (QED) is 0.348. The lowest BCUT2D eigenvalue weighted by Gasteiger charge is -1.73. The predicted octanol–water partition coefficient (Wildman–Crippen LogP) is 0.451. The lowest BCUT2D eigenvalue weighted by atomic mass is 9.77. The van der Waals surface area contributed by atoms with E-state index in [-0.39, 0.29) is 5.68 Å². The van der Waals surface area contributed by atoms with Crippen molar-refractivity contribution in [2.45, 2.75) is 6.82 Å². The lowest BCUT2D eigenvalue weighted by Crippen LogP contribution is -1.97. The molecule has 0 amide bonds. The van der Waals surface area contributed by atoms with E-state index in [2.05, 4.69) is 6.58 Å². The number of rotatable bonds is 2. The highest BCUT2D eigenvalue weighted by atomic mass is 16.1. The Morgan fingerprint density at radius 1 is 2.00 bits per heavy atom. The van der Waals surface area contributed by atoms with Crippen LogP contribution in [0.1, 0.15) is 0 Å². The fraction of sp³-hybridized carbons (Fsp3) is 0.250. The molecule has 1 radical (unpaired) electrons. The van der Waals surface area contributed by atoms with Crippen molar-refractivity contribution in [3.05, 3.63) is 12.7 Å². The third kappa shape index (κ3) is 1.76. The van der Waals surface area contributed by atoms with Crippen molar-refractivity contribution in [1.29, 1.82) is 0 Å². The summed E-state index contributed by atoms with van der Waals surface area (Å²) in [6.45, 7) is 4.94. The summed E-state index contributed by atoms with van der Waals surface area (Å²) in [5.74, 6) is 0. The van der Waals surface area contributed by atoms with Crippen LogP contribution in [0.2, 0.25) is 6.82 Å². The first-order valence-corrected chi connectivity index (χ1v) is 1.77. The van der Waals surface area contributed by atoms with Gasteiger partial charge in [-0.2, -0.15) is 0 Å². The van der Waals surface area contributed by atoms with Crippen molar-refractivity contribution >= 4 is 13.0 Å². The highest BCUT2D eigenvalue weighted by Crippen LogP contribution is 1.64. The van der Waals surface area contributed by atoms with Crippen molar-refractivity contribution < 1.29 is 4.79 Å². The maximum atomic E-state index is 10.0. The summed E-state index contributed by atoms with van der Waals surface area (Å²) in [6.07, 6.45) is 1.28. The van der Waals surface area contributed by atoms with Crippen molar-refractivity contribution in [1.82, 2.24) is 0 Å². The van der Waals surface area contributed by atoms with Gasteiger partial charge < -0.3 is 4.79 Å². The van der Waals surface area contributed by atoms with Gasteiger partial charge in [0.15, 0.2) is 0 Å². The Hall–Kier alpha value is -0.525. The molecule has 0 N–H and O–H groups in total. The number of hydrogen-bond donors (Lipinski definition) is 0. The zero-order chi connectivity index (χ0) is 4.99. The largest absolute Gasteiger partial charge is 0.307 e. The van der Waals surface area contributed by atoms with E-state index in [0.717, 1.165) is 0 Å². The van der Waals surface area contributed by atoms with Crippen LogP contribution in [-0.2, 0) is 4.79 Å². The molecule has 1 nitrogen and oxygen atoms in total. The Bertz CT molecular complexity index is 67.9. The molecular weight excluding hydrogens is 74.9 g/mol. The molecule has 0 fully saturated rings. The monoisotopic (exact) mass is 81.1 g/mol. The third-order valence-corrected chi connectivity index (χ3v) is 0.486. The summed E-state index contributed by atoms with van der Waals surface area (Å²) in [5.41, 5.74) is -0.0185. The van der Waals surface area contributed by atoms with Gasteiger partial charge in [0.25, 0.3) is 0 Å². The molecule has 0 aliphatic heterocycles. The van der Waals surface area contributed by atoms with E-state index >= 15 is 0 Å². The second-order valence-corrected chi connectivity index (χ2v) is 0.895. The first-order chi connectivity index (χ1) is 2.81. The molecule has 0 bridgehead atoms. The molecule has 0 aliphatic rings. The Morgan fingerprint density at radius 3 is 2.50 bits per heavy atom. The van der Waals surface area contributed by atoms with Crippen molar-refractivity contribution in [2.24, 2.45) is 0 Å². The molecule has 0 rings (SSSR count). The summed E-state index contributed by atoms with van der Waals surface area (Å²) in [6, 6.07) is 0. The van der Waals surface area contributed by atoms with Crippen LogP contribution in [-0.4, -0.2) is 13.0 Å². The lowest BCUT2D eigenvalue weighted by molar-refractivity contribution is -0.108. The normalized spacial score (nSPS) is 6.83. The van der Waals surface area contributed by atoms with Gasteiger partial charge in [0.2, 0.25) is 7.28 Å². The van der Waals surface area contributed by atoms with E-state index in [9.17, 15) is 4.79 Å². The van der Waals surface area contributed by atoms with Crippen LogP contribution in [0.25, 0.3) is 0 Å². The van der Waals surface area contributed by atoms with Gasteiger partial charge in [-0.15, -0.1) is 0 Å². The van der Waals surface area contributed by atoms with Gasteiger partial charge in [-0.1, -0.05) is 13.4 Å². The molecule has 0 aromatic heterocycles. The maximum absolute atomic E-state index is 10.0. The van der Waals surface area contributed by atoms with Gasteiger partial charge in [-0.3, -0.25) is 0 Å². The number of carbonyl (C=O) groups is 1. The van der Waals surface area contributed by atoms with Crippen LogP contribution in [0.3, 0.4) is 0 Å². The molecular formula is C4H6BO. The molecule has 0 unspecified atom stereocenters. The number of allylic oxidation sites excluding steroid dienone is 1. The molecule has 0 aliphatic carbocycles. The molecule has 31 valence electrons. The second kappa shape index (κ2) is 2.70. The zero-order valence-electron chi connectivity index (χ0n) is 3.77.